The van der Waals surface area contributed by atoms with Crippen molar-refractivity contribution >= 4 is 52.4 Å². The van der Waals surface area contributed by atoms with Crippen LogP contribution < -0.4 is 14.5 Å². The summed E-state index contributed by atoms with van der Waals surface area (Å²) in [5.41, 5.74) is 1.70. The third-order valence-electron chi connectivity index (χ3n) is 12.1. The number of aromatic hydroxyl groups is 1. The molecule has 1 saturated carbocycles. The molecule has 2 aliphatic heterocycles. The van der Waals surface area contributed by atoms with Crippen molar-refractivity contribution in [3.05, 3.63) is 166 Å². The number of amides is 4. The van der Waals surface area contributed by atoms with Crippen LogP contribution in [0.5, 0.6) is 11.5 Å². The van der Waals surface area contributed by atoms with E-state index in [1.807, 2.05) is 42.5 Å². The van der Waals surface area contributed by atoms with E-state index in [2.05, 4.69) is 0 Å². The summed E-state index contributed by atoms with van der Waals surface area (Å²) in [7, 11) is 1.51. The number of methoxy groups -OCH3 is 1. The molecule has 6 atom stereocenters. The topological polar surface area (TPSA) is 121 Å². The number of ketones is 1. The van der Waals surface area contributed by atoms with E-state index in [1.54, 1.807) is 84.9 Å². The molecule has 0 bridgehead atoms. The molecule has 10 heteroatoms. The number of anilines is 2. The van der Waals surface area contributed by atoms with Crippen LogP contribution in [0.1, 0.15) is 45.8 Å². The Bertz CT molecular complexity index is 2480. The Hall–Kier alpha value is -6.32. The van der Waals surface area contributed by atoms with E-state index in [1.165, 1.54) is 23.0 Å². The second-order valence-electron chi connectivity index (χ2n) is 14.8. The monoisotopic (exact) mass is 762 g/mol. The fourth-order valence-electron chi connectivity index (χ4n) is 9.75. The summed E-state index contributed by atoms with van der Waals surface area (Å²) in [5, 5.41) is 12.0. The van der Waals surface area contributed by atoms with Crippen LogP contribution >= 0.6 is 11.6 Å². The molecule has 1 N–H and O–H groups in total. The van der Waals surface area contributed by atoms with Gasteiger partial charge in [0.1, 0.15) is 11.5 Å². The number of allylic oxidation sites excluding steroid dienone is 2. The molecule has 0 aromatic heterocycles. The molecular weight excluding hydrogens is 728 g/mol. The van der Waals surface area contributed by atoms with Gasteiger partial charge in [0.2, 0.25) is 23.6 Å². The average molecular weight is 763 g/mol. The zero-order valence-corrected chi connectivity index (χ0v) is 30.9. The Morgan fingerprint density at radius 3 is 2.12 bits per heavy atom. The summed E-state index contributed by atoms with van der Waals surface area (Å²) < 4.78 is 5.62. The highest BCUT2D eigenvalue weighted by atomic mass is 35.5. The highest BCUT2D eigenvalue weighted by molar-refractivity contribution is 6.32. The number of carbonyl (C=O) groups is 5. The minimum atomic E-state index is -1.55. The Balaban J connectivity index is 1.18. The third-order valence-corrected chi connectivity index (χ3v) is 12.4. The third kappa shape index (κ3) is 5.18. The molecule has 2 heterocycles. The summed E-state index contributed by atoms with van der Waals surface area (Å²) >= 11 is 6.41. The number of fused-ring (bicyclic) bond motifs is 4. The van der Waals surface area contributed by atoms with Gasteiger partial charge in [0.25, 0.3) is 0 Å². The van der Waals surface area contributed by atoms with Crippen molar-refractivity contribution < 1.29 is 33.8 Å². The van der Waals surface area contributed by atoms with Crippen LogP contribution in [0.15, 0.2) is 139 Å². The summed E-state index contributed by atoms with van der Waals surface area (Å²) in [6.45, 7) is 0. The van der Waals surface area contributed by atoms with Crippen molar-refractivity contribution in [3.63, 3.8) is 0 Å². The van der Waals surface area contributed by atoms with Gasteiger partial charge in [-0.3, -0.25) is 28.9 Å². The number of ether oxygens (including phenoxy) is 1. The van der Waals surface area contributed by atoms with Crippen LogP contribution in [0.3, 0.4) is 0 Å². The Kier molecular flexibility index (Phi) is 8.50. The maximum Gasteiger partial charge on any atom is 0.246 e. The molecule has 56 heavy (non-hydrogen) atoms. The van der Waals surface area contributed by atoms with E-state index in [-0.39, 0.29) is 30.3 Å². The number of hydrogen-bond acceptors (Lipinski definition) is 7. The molecule has 6 unspecified atom stereocenters. The lowest BCUT2D eigenvalue weighted by Gasteiger charge is -2.50. The summed E-state index contributed by atoms with van der Waals surface area (Å²) in [6, 6.07) is 35.8. The van der Waals surface area contributed by atoms with Gasteiger partial charge in [-0.2, -0.15) is 0 Å². The lowest BCUT2D eigenvalue weighted by Crippen LogP contribution is -2.53. The van der Waals surface area contributed by atoms with Crippen LogP contribution in [-0.2, 0) is 24.6 Å². The summed E-state index contributed by atoms with van der Waals surface area (Å²) in [5.74, 6) is -5.69. The van der Waals surface area contributed by atoms with Gasteiger partial charge in [-0.25, -0.2) is 4.90 Å². The molecule has 4 aliphatic rings. The van der Waals surface area contributed by atoms with Gasteiger partial charge < -0.3 is 9.84 Å². The first-order chi connectivity index (χ1) is 27.1. The van der Waals surface area contributed by atoms with E-state index < -0.39 is 52.7 Å². The van der Waals surface area contributed by atoms with E-state index in [9.17, 15) is 24.3 Å². The van der Waals surface area contributed by atoms with Crippen LogP contribution in [0.4, 0.5) is 11.4 Å². The standard InChI is InChI=1S/C46H35ClN2O7/c1-56-32-19-22-38(50)36(24-32)40-33-20-21-34-39(44(54)48(42(34)52)30-17-15-27(16-18-30)41(51)26-9-4-2-5-10-26)35(33)25-37-43(53)49(31-14-8-13-29(47)23-31)45(55)46(37,40)28-11-6-3-7-12-28/h2-20,22-24,34-35,37,39-40,50H,21,25H2,1H3. The first-order valence-electron chi connectivity index (χ1n) is 18.5. The van der Waals surface area contributed by atoms with E-state index in [0.717, 1.165) is 0 Å². The fourth-order valence-corrected chi connectivity index (χ4v) is 9.94. The zero-order valence-electron chi connectivity index (χ0n) is 30.2. The number of benzene rings is 5. The first-order valence-corrected chi connectivity index (χ1v) is 18.9. The molecule has 9 rings (SSSR count). The molecule has 5 aromatic rings. The molecule has 278 valence electrons. The second kappa shape index (κ2) is 13.5. The molecule has 9 nitrogen and oxygen atoms in total. The van der Waals surface area contributed by atoms with Crippen molar-refractivity contribution in [2.45, 2.75) is 24.2 Å². The Morgan fingerprint density at radius 1 is 0.732 bits per heavy atom. The van der Waals surface area contributed by atoms with Crippen LogP contribution in [-0.4, -0.2) is 41.6 Å². The summed E-state index contributed by atoms with van der Waals surface area (Å²) in [4.78, 5) is 74.9. The highest BCUT2D eigenvalue weighted by Gasteiger charge is 2.70. The zero-order chi connectivity index (χ0) is 38.9. The lowest BCUT2D eigenvalue weighted by atomic mass is 9.49. The number of phenolic OH excluding ortho intramolecular Hbond substituents is 1. The van der Waals surface area contributed by atoms with E-state index in [0.29, 0.717) is 50.0 Å². The molecule has 2 saturated heterocycles. The van der Waals surface area contributed by atoms with Gasteiger partial charge >= 0.3 is 0 Å². The molecule has 5 aromatic carbocycles. The minimum absolute atomic E-state index is 0.0993. The number of nitrogens with zero attached hydrogens (tertiary/aromatic N) is 2. The van der Waals surface area contributed by atoms with Gasteiger partial charge in [0, 0.05) is 27.6 Å². The number of phenols is 1. The smallest absolute Gasteiger partial charge is 0.246 e. The number of imide groups is 2. The lowest BCUT2D eigenvalue weighted by molar-refractivity contribution is -0.127. The predicted molar refractivity (Wildman–Crippen MR) is 210 cm³/mol. The van der Waals surface area contributed by atoms with Gasteiger partial charge in [-0.05, 0) is 85.0 Å². The van der Waals surface area contributed by atoms with Gasteiger partial charge in [-0.15, -0.1) is 0 Å². The highest BCUT2D eigenvalue weighted by Crippen LogP contribution is 2.65. The van der Waals surface area contributed by atoms with Crippen molar-refractivity contribution in [2.24, 2.45) is 23.7 Å². The van der Waals surface area contributed by atoms with Gasteiger partial charge in [0.05, 0.1) is 41.7 Å². The van der Waals surface area contributed by atoms with Crippen molar-refractivity contribution in [3.8, 4) is 11.5 Å². The van der Waals surface area contributed by atoms with Crippen molar-refractivity contribution in [2.75, 3.05) is 16.9 Å². The first kappa shape index (κ1) is 35.4. The quantitative estimate of drug-likeness (QED) is 0.103. The average Bonchev–Trinajstić information content (AvgIpc) is 3.62. The number of halogens is 1. The number of hydrogen-bond donors (Lipinski definition) is 1. The van der Waals surface area contributed by atoms with Crippen LogP contribution in [0, 0.1) is 23.7 Å². The number of rotatable bonds is 7. The number of carbonyl (C=O) groups excluding carboxylic acids is 5. The Morgan fingerprint density at radius 2 is 1.43 bits per heavy atom. The summed E-state index contributed by atoms with van der Waals surface area (Å²) in [6.07, 6.45) is 2.24. The van der Waals surface area contributed by atoms with Crippen LogP contribution in [0.2, 0.25) is 5.02 Å². The Labute approximate surface area is 327 Å². The molecular formula is C46H35ClN2O7. The largest absolute Gasteiger partial charge is 0.508 e. The fraction of sp³-hybridized carbons (Fsp3) is 0.196. The normalized spacial score (nSPS) is 25.4. The maximum atomic E-state index is 15.4. The molecule has 3 fully saturated rings. The minimum Gasteiger partial charge on any atom is -0.508 e. The predicted octanol–water partition coefficient (Wildman–Crippen LogP) is 7.65. The van der Waals surface area contributed by atoms with Gasteiger partial charge in [-0.1, -0.05) is 90.0 Å². The van der Waals surface area contributed by atoms with Gasteiger partial charge in [0.15, 0.2) is 5.78 Å². The van der Waals surface area contributed by atoms with Crippen molar-refractivity contribution in [1.82, 2.24) is 0 Å². The molecule has 2 aliphatic carbocycles. The van der Waals surface area contributed by atoms with E-state index >= 15 is 4.79 Å². The molecule has 0 radical (unpaired) electrons. The van der Waals surface area contributed by atoms with E-state index in [4.69, 9.17) is 16.3 Å². The van der Waals surface area contributed by atoms with Crippen molar-refractivity contribution in [1.29, 1.82) is 0 Å². The molecule has 0 spiro atoms. The maximum absolute atomic E-state index is 15.4. The second-order valence-corrected chi connectivity index (χ2v) is 15.2. The van der Waals surface area contributed by atoms with Crippen LogP contribution in [0.25, 0.3) is 0 Å². The SMILES string of the molecule is COc1ccc(O)c(C2C3=CCC4C(=O)N(c5ccc(C(=O)c6ccccc6)cc5)C(=O)C4C3CC3C(=O)N(c4cccc(Cl)c4)C(=O)C32c2ccccc2)c1. The molecule has 4 amide bonds.